The minimum atomic E-state index is -0.598. The van der Waals surface area contributed by atoms with Gasteiger partial charge in [-0.05, 0) is 16.0 Å². The van der Waals surface area contributed by atoms with Gasteiger partial charge < -0.3 is 25.6 Å². The van der Waals surface area contributed by atoms with Gasteiger partial charge in [-0.15, -0.1) is 0 Å². The number of aromatic nitrogens is 1. The molecule has 0 saturated heterocycles. The summed E-state index contributed by atoms with van der Waals surface area (Å²) in [6.45, 7) is -0.457. The lowest BCUT2D eigenvalue weighted by Crippen LogP contribution is -2.27. The van der Waals surface area contributed by atoms with E-state index in [-0.39, 0.29) is 19.0 Å². The lowest BCUT2D eigenvalue weighted by Gasteiger charge is -2.12. The zero-order valence-electron chi connectivity index (χ0n) is 7.83. The van der Waals surface area contributed by atoms with Crippen LogP contribution in [-0.4, -0.2) is 39.4 Å². The molecule has 3 N–H and O–H groups in total. The highest BCUT2D eigenvalue weighted by atomic mass is 16.6. The van der Waals surface area contributed by atoms with Crippen LogP contribution >= 0.6 is 0 Å². The summed E-state index contributed by atoms with van der Waals surface area (Å²) in [6.07, 6.45) is 1.27. The quantitative estimate of drug-likeness (QED) is 0.460. The minimum absolute atomic E-state index is 0.229. The molecule has 0 aliphatic carbocycles. The van der Waals surface area contributed by atoms with Crippen LogP contribution in [0.15, 0.2) is 18.3 Å². The molecule has 0 aliphatic rings. The Labute approximate surface area is 85.5 Å². The second kappa shape index (κ2) is 5.23. The molecule has 0 aliphatic heterocycles. The van der Waals surface area contributed by atoms with Gasteiger partial charge in [-0.1, -0.05) is 0 Å². The van der Waals surface area contributed by atoms with Crippen molar-refractivity contribution >= 4 is 11.5 Å². The number of hydrogen-bond acceptors (Lipinski definition) is 6. The lowest BCUT2D eigenvalue weighted by atomic mass is 10.3. The Kier molecular flexibility index (Phi) is 3.95. The fraction of sp³-hybridized carbons (Fsp3) is 0.375. The highest BCUT2D eigenvalue weighted by Gasteiger charge is 2.09. The molecule has 15 heavy (non-hydrogen) atoms. The van der Waals surface area contributed by atoms with Crippen molar-refractivity contribution in [3.63, 3.8) is 0 Å². The fourth-order valence-electron chi connectivity index (χ4n) is 0.964. The van der Waals surface area contributed by atoms with Gasteiger partial charge >= 0.3 is 5.82 Å². The van der Waals surface area contributed by atoms with E-state index in [2.05, 4.69) is 10.3 Å². The Morgan fingerprint density at radius 1 is 1.47 bits per heavy atom. The van der Waals surface area contributed by atoms with Crippen LogP contribution < -0.4 is 5.32 Å². The summed E-state index contributed by atoms with van der Waals surface area (Å²) in [7, 11) is 0. The van der Waals surface area contributed by atoms with Crippen LogP contribution in [0.3, 0.4) is 0 Å². The maximum atomic E-state index is 10.3. The van der Waals surface area contributed by atoms with Crippen molar-refractivity contribution in [1.82, 2.24) is 4.98 Å². The largest absolute Gasteiger partial charge is 0.394 e. The maximum absolute atomic E-state index is 10.3. The van der Waals surface area contributed by atoms with Crippen molar-refractivity contribution in [2.75, 3.05) is 18.5 Å². The third-order valence-corrected chi connectivity index (χ3v) is 1.75. The van der Waals surface area contributed by atoms with E-state index in [1.807, 2.05) is 0 Å². The molecule has 0 fully saturated rings. The van der Waals surface area contributed by atoms with E-state index in [0.717, 1.165) is 0 Å². The standard InChI is InChI=1S/C8H11N3O4/c12-4-7(5-13)10-6-1-2-8(9-3-6)11(14)15/h1-3,7,10,12-13H,4-5H2. The normalized spacial score (nSPS) is 10.3. The predicted octanol–water partition coefficient (Wildman–Crippen LogP) is -0.245. The molecule has 0 bridgehead atoms. The Hall–Kier alpha value is -1.73. The molecule has 0 radical (unpaired) electrons. The Bertz CT molecular complexity index is 323. The van der Waals surface area contributed by atoms with Crippen molar-refractivity contribution in [3.8, 4) is 0 Å². The lowest BCUT2D eigenvalue weighted by molar-refractivity contribution is -0.389. The molecule has 0 amide bonds. The Balaban J connectivity index is 2.67. The minimum Gasteiger partial charge on any atom is -0.394 e. The van der Waals surface area contributed by atoms with Crippen LogP contribution in [0.5, 0.6) is 0 Å². The SMILES string of the molecule is O=[N+]([O-])c1ccc(NC(CO)CO)cn1. The molecule has 0 spiro atoms. The number of rotatable bonds is 5. The van der Waals surface area contributed by atoms with E-state index in [4.69, 9.17) is 10.2 Å². The van der Waals surface area contributed by atoms with Crippen LogP contribution in [-0.2, 0) is 0 Å². The zero-order valence-corrected chi connectivity index (χ0v) is 7.83. The number of nitrogens with one attached hydrogen (secondary N) is 1. The molecule has 0 unspecified atom stereocenters. The van der Waals surface area contributed by atoms with Gasteiger partial charge in [0.15, 0.2) is 6.20 Å². The summed E-state index contributed by atoms with van der Waals surface area (Å²) in [5.74, 6) is -0.245. The maximum Gasteiger partial charge on any atom is 0.363 e. The number of hydrogen-bond donors (Lipinski definition) is 3. The summed E-state index contributed by atoms with van der Waals surface area (Å²) in [4.78, 5) is 13.3. The number of pyridine rings is 1. The van der Waals surface area contributed by atoms with Crippen LogP contribution in [0, 0.1) is 10.1 Å². The molecule has 0 saturated carbocycles. The smallest absolute Gasteiger partial charge is 0.363 e. The first-order valence-corrected chi connectivity index (χ1v) is 4.26. The van der Waals surface area contributed by atoms with Crippen molar-refractivity contribution in [2.45, 2.75) is 6.04 Å². The predicted molar refractivity (Wildman–Crippen MR) is 52.5 cm³/mol. The molecule has 1 aromatic heterocycles. The van der Waals surface area contributed by atoms with Crippen LogP contribution in [0.25, 0.3) is 0 Å². The first kappa shape index (κ1) is 11.3. The van der Waals surface area contributed by atoms with Gasteiger partial charge in [-0.3, -0.25) is 0 Å². The van der Waals surface area contributed by atoms with E-state index in [1.54, 1.807) is 0 Å². The van der Waals surface area contributed by atoms with E-state index in [0.29, 0.717) is 5.69 Å². The summed E-state index contributed by atoms with van der Waals surface area (Å²) in [6, 6.07) is 2.21. The Morgan fingerprint density at radius 3 is 2.53 bits per heavy atom. The summed E-state index contributed by atoms with van der Waals surface area (Å²) in [5, 5.41) is 30.6. The van der Waals surface area contributed by atoms with Gasteiger partial charge in [0.2, 0.25) is 0 Å². The van der Waals surface area contributed by atoms with Gasteiger partial charge in [0.05, 0.1) is 24.9 Å². The van der Waals surface area contributed by atoms with E-state index in [1.165, 1.54) is 18.3 Å². The molecule has 1 rings (SSSR count). The van der Waals surface area contributed by atoms with Crippen LogP contribution in [0.2, 0.25) is 0 Å². The van der Waals surface area contributed by atoms with Gasteiger partial charge in [0.1, 0.15) is 0 Å². The number of nitro groups is 1. The molecule has 1 aromatic rings. The van der Waals surface area contributed by atoms with Gasteiger partial charge in [0, 0.05) is 6.07 Å². The monoisotopic (exact) mass is 213 g/mol. The molecule has 0 aromatic carbocycles. The number of anilines is 1. The van der Waals surface area contributed by atoms with E-state index < -0.39 is 11.0 Å². The Morgan fingerprint density at radius 2 is 2.13 bits per heavy atom. The number of nitrogens with zero attached hydrogens (tertiary/aromatic N) is 2. The van der Waals surface area contributed by atoms with Crippen LogP contribution in [0.4, 0.5) is 11.5 Å². The summed E-state index contributed by atoms with van der Waals surface area (Å²) in [5.41, 5.74) is 0.508. The second-order valence-corrected chi connectivity index (χ2v) is 2.87. The second-order valence-electron chi connectivity index (χ2n) is 2.87. The van der Waals surface area contributed by atoms with Gasteiger partial charge in [0.25, 0.3) is 0 Å². The van der Waals surface area contributed by atoms with Crippen molar-refractivity contribution in [1.29, 1.82) is 0 Å². The topological polar surface area (TPSA) is 109 Å². The zero-order chi connectivity index (χ0) is 11.3. The number of aliphatic hydroxyl groups is 2. The van der Waals surface area contributed by atoms with Crippen LogP contribution in [0.1, 0.15) is 0 Å². The fourth-order valence-corrected chi connectivity index (χ4v) is 0.964. The number of aliphatic hydroxyl groups excluding tert-OH is 2. The molecule has 7 nitrogen and oxygen atoms in total. The molecular formula is C8H11N3O4. The van der Waals surface area contributed by atoms with Gasteiger partial charge in [-0.2, -0.15) is 0 Å². The summed E-state index contributed by atoms with van der Waals surface area (Å²) < 4.78 is 0. The van der Waals surface area contributed by atoms with E-state index >= 15 is 0 Å². The van der Waals surface area contributed by atoms with Crippen molar-refractivity contribution in [3.05, 3.63) is 28.4 Å². The first-order valence-electron chi connectivity index (χ1n) is 4.26. The highest BCUT2D eigenvalue weighted by molar-refractivity contribution is 5.44. The van der Waals surface area contributed by atoms with E-state index in [9.17, 15) is 10.1 Å². The first-order chi connectivity index (χ1) is 7.17. The molecule has 0 atom stereocenters. The molecule has 7 heteroatoms. The molecule has 1 heterocycles. The van der Waals surface area contributed by atoms with Gasteiger partial charge in [-0.25, -0.2) is 0 Å². The van der Waals surface area contributed by atoms with Crippen molar-refractivity contribution in [2.24, 2.45) is 0 Å². The van der Waals surface area contributed by atoms with Crippen molar-refractivity contribution < 1.29 is 15.1 Å². The average molecular weight is 213 g/mol. The molecule has 82 valence electrons. The molecular weight excluding hydrogens is 202 g/mol. The summed E-state index contributed by atoms with van der Waals surface area (Å²) >= 11 is 0. The third kappa shape index (κ3) is 3.15. The highest BCUT2D eigenvalue weighted by Crippen LogP contribution is 2.12. The average Bonchev–Trinajstić information content (AvgIpc) is 2.26. The third-order valence-electron chi connectivity index (χ3n) is 1.75.